The van der Waals surface area contributed by atoms with Gasteiger partial charge in [0.25, 0.3) is 5.91 Å². The summed E-state index contributed by atoms with van der Waals surface area (Å²) in [7, 11) is 0. The van der Waals surface area contributed by atoms with E-state index in [0.717, 1.165) is 24.5 Å². The lowest BCUT2D eigenvalue weighted by atomic mass is 10.2. The summed E-state index contributed by atoms with van der Waals surface area (Å²) in [6, 6.07) is 10.0. The second-order valence-electron chi connectivity index (χ2n) is 5.19. The Morgan fingerprint density at radius 1 is 1.41 bits per heavy atom. The molecule has 1 aromatic carbocycles. The van der Waals surface area contributed by atoms with Crippen LogP contribution in [0.25, 0.3) is 0 Å². The fourth-order valence-corrected chi connectivity index (χ4v) is 2.64. The minimum atomic E-state index is -0.209. The molecule has 1 aliphatic rings. The molecule has 0 aliphatic carbocycles. The van der Waals surface area contributed by atoms with Gasteiger partial charge in [-0.2, -0.15) is 0 Å². The van der Waals surface area contributed by atoms with E-state index >= 15 is 0 Å². The monoisotopic (exact) mass is 294 g/mol. The SMILES string of the molecule is C=CCNC(=O)c1cc(N2CCc3ccccc32)nc(C)n1. The zero-order valence-electron chi connectivity index (χ0n) is 12.5. The van der Waals surface area contributed by atoms with Crippen molar-refractivity contribution in [2.45, 2.75) is 13.3 Å². The maximum absolute atomic E-state index is 12.1. The number of hydrogen-bond donors (Lipinski definition) is 1. The molecule has 5 nitrogen and oxygen atoms in total. The van der Waals surface area contributed by atoms with Crippen LogP contribution in [0, 0.1) is 6.92 Å². The third-order valence-electron chi connectivity index (χ3n) is 3.63. The third-order valence-corrected chi connectivity index (χ3v) is 3.63. The van der Waals surface area contributed by atoms with Crippen molar-refractivity contribution in [2.24, 2.45) is 0 Å². The smallest absolute Gasteiger partial charge is 0.270 e. The Balaban J connectivity index is 1.94. The number of aromatic nitrogens is 2. The van der Waals surface area contributed by atoms with E-state index in [1.807, 2.05) is 12.1 Å². The van der Waals surface area contributed by atoms with Gasteiger partial charge in [0.05, 0.1) is 0 Å². The molecule has 0 bridgehead atoms. The molecule has 3 rings (SSSR count). The van der Waals surface area contributed by atoms with E-state index < -0.39 is 0 Å². The van der Waals surface area contributed by atoms with E-state index in [2.05, 4.69) is 38.9 Å². The molecule has 22 heavy (non-hydrogen) atoms. The Hall–Kier alpha value is -2.69. The van der Waals surface area contributed by atoms with Crippen molar-refractivity contribution in [1.29, 1.82) is 0 Å². The number of nitrogens with zero attached hydrogens (tertiary/aromatic N) is 3. The molecule has 1 amide bonds. The highest BCUT2D eigenvalue weighted by Crippen LogP contribution is 2.33. The molecule has 0 saturated heterocycles. The molecule has 1 N–H and O–H groups in total. The molecular formula is C17H18N4O. The second kappa shape index (κ2) is 5.97. The number of anilines is 2. The van der Waals surface area contributed by atoms with Crippen LogP contribution in [0.3, 0.4) is 0 Å². The zero-order valence-corrected chi connectivity index (χ0v) is 12.5. The highest BCUT2D eigenvalue weighted by Gasteiger charge is 2.22. The van der Waals surface area contributed by atoms with Gasteiger partial charge in [0, 0.05) is 24.8 Å². The molecule has 5 heteroatoms. The van der Waals surface area contributed by atoms with Gasteiger partial charge < -0.3 is 10.2 Å². The first-order valence-corrected chi connectivity index (χ1v) is 7.29. The summed E-state index contributed by atoms with van der Waals surface area (Å²) in [5.74, 6) is 1.14. The maximum atomic E-state index is 12.1. The number of fused-ring (bicyclic) bond motifs is 1. The largest absolute Gasteiger partial charge is 0.347 e. The number of para-hydroxylation sites is 1. The van der Waals surface area contributed by atoms with Crippen LogP contribution < -0.4 is 10.2 Å². The Labute approximate surface area is 129 Å². The summed E-state index contributed by atoms with van der Waals surface area (Å²) in [4.78, 5) is 23.0. The van der Waals surface area contributed by atoms with Crippen molar-refractivity contribution in [2.75, 3.05) is 18.0 Å². The maximum Gasteiger partial charge on any atom is 0.270 e. The highest BCUT2D eigenvalue weighted by molar-refractivity contribution is 5.93. The first-order chi connectivity index (χ1) is 10.7. The highest BCUT2D eigenvalue weighted by atomic mass is 16.1. The summed E-state index contributed by atoms with van der Waals surface area (Å²) < 4.78 is 0. The van der Waals surface area contributed by atoms with Crippen molar-refractivity contribution >= 4 is 17.4 Å². The van der Waals surface area contributed by atoms with Crippen LogP contribution in [0.1, 0.15) is 21.9 Å². The van der Waals surface area contributed by atoms with Crippen LogP contribution in [-0.2, 0) is 6.42 Å². The van der Waals surface area contributed by atoms with E-state index in [1.165, 1.54) is 5.56 Å². The van der Waals surface area contributed by atoms with Gasteiger partial charge in [0.15, 0.2) is 0 Å². The number of benzene rings is 1. The summed E-state index contributed by atoms with van der Waals surface area (Å²) >= 11 is 0. The lowest BCUT2D eigenvalue weighted by molar-refractivity contribution is 0.0952. The van der Waals surface area contributed by atoms with Crippen LogP contribution in [0.2, 0.25) is 0 Å². The molecule has 0 saturated carbocycles. The van der Waals surface area contributed by atoms with Crippen LogP contribution in [0.5, 0.6) is 0 Å². The molecule has 0 unspecified atom stereocenters. The molecule has 0 atom stereocenters. The minimum absolute atomic E-state index is 0.209. The number of nitrogens with one attached hydrogen (secondary N) is 1. The lowest BCUT2D eigenvalue weighted by Crippen LogP contribution is -2.25. The Morgan fingerprint density at radius 3 is 3.05 bits per heavy atom. The van der Waals surface area contributed by atoms with Crippen molar-refractivity contribution in [3.05, 3.63) is 60.1 Å². The summed E-state index contributed by atoms with van der Waals surface area (Å²) in [5.41, 5.74) is 2.84. The van der Waals surface area contributed by atoms with Crippen molar-refractivity contribution in [3.63, 3.8) is 0 Å². The minimum Gasteiger partial charge on any atom is -0.347 e. The van der Waals surface area contributed by atoms with Crippen molar-refractivity contribution in [3.8, 4) is 0 Å². The van der Waals surface area contributed by atoms with E-state index in [4.69, 9.17) is 0 Å². The predicted octanol–water partition coefficient (Wildman–Crippen LogP) is 2.40. The van der Waals surface area contributed by atoms with Crippen molar-refractivity contribution < 1.29 is 4.79 Å². The lowest BCUT2D eigenvalue weighted by Gasteiger charge is -2.19. The number of aryl methyl sites for hydroxylation is 1. The topological polar surface area (TPSA) is 58.1 Å². The third kappa shape index (κ3) is 2.70. The first-order valence-electron chi connectivity index (χ1n) is 7.29. The van der Waals surface area contributed by atoms with Crippen LogP contribution >= 0.6 is 0 Å². The Morgan fingerprint density at radius 2 is 2.23 bits per heavy atom. The summed E-state index contributed by atoms with van der Waals surface area (Å²) in [6.45, 7) is 6.68. The van der Waals surface area contributed by atoms with Gasteiger partial charge in [-0.25, -0.2) is 9.97 Å². The Kier molecular flexibility index (Phi) is 3.87. The number of rotatable bonds is 4. The molecule has 112 valence electrons. The molecule has 1 aromatic heterocycles. The number of hydrogen-bond acceptors (Lipinski definition) is 4. The molecule has 0 radical (unpaired) electrons. The Bertz CT molecular complexity index is 726. The molecule has 0 spiro atoms. The second-order valence-corrected chi connectivity index (χ2v) is 5.19. The number of carbonyl (C=O) groups is 1. The fourth-order valence-electron chi connectivity index (χ4n) is 2.64. The molecule has 1 aliphatic heterocycles. The van der Waals surface area contributed by atoms with Gasteiger partial charge in [-0.1, -0.05) is 24.3 Å². The van der Waals surface area contributed by atoms with Crippen LogP contribution in [0.4, 0.5) is 11.5 Å². The zero-order chi connectivity index (χ0) is 15.5. The molecule has 0 fully saturated rings. The molecule has 2 heterocycles. The van der Waals surface area contributed by atoms with Crippen molar-refractivity contribution in [1.82, 2.24) is 15.3 Å². The number of amides is 1. The van der Waals surface area contributed by atoms with Gasteiger partial charge in [0.2, 0.25) is 0 Å². The van der Waals surface area contributed by atoms with Gasteiger partial charge >= 0.3 is 0 Å². The first kappa shape index (κ1) is 14.3. The van der Waals surface area contributed by atoms with E-state index in [-0.39, 0.29) is 5.91 Å². The van der Waals surface area contributed by atoms with E-state index in [1.54, 1.807) is 19.1 Å². The van der Waals surface area contributed by atoms with Crippen LogP contribution in [0.15, 0.2) is 43.0 Å². The standard InChI is InChI=1S/C17H18N4O/c1-3-9-18-17(22)14-11-16(20-12(2)19-14)21-10-8-13-6-4-5-7-15(13)21/h3-7,11H,1,8-10H2,2H3,(H,18,22). The average molecular weight is 294 g/mol. The quantitative estimate of drug-likeness (QED) is 0.880. The van der Waals surface area contributed by atoms with Gasteiger partial charge in [-0.3, -0.25) is 4.79 Å². The summed E-state index contributed by atoms with van der Waals surface area (Å²) in [6.07, 6.45) is 2.63. The number of carbonyl (C=O) groups excluding carboxylic acids is 1. The van der Waals surface area contributed by atoms with E-state index in [9.17, 15) is 4.79 Å². The fraction of sp³-hybridized carbons (Fsp3) is 0.235. The van der Waals surface area contributed by atoms with E-state index in [0.29, 0.717) is 18.1 Å². The van der Waals surface area contributed by atoms with Crippen LogP contribution in [-0.4, -0.2) is 29.0 Å². The molecular weight excluding hydrogens is 276 g/mol. The normalized spacial score (nSPS) is 12.9. The molecule has 2 aromatic rings. The predicted molar refractivity (Wildman–Crippen MR) is 86.5 cm³/mol. The van der Waals surface area contributed by atoms with Gasteiger partial charge in [-0.05, 0) is 25.0 Å². The average Bonchev–Trinajstić information content (AvgIpc) is 2.96. The van der Waals surface area contributed by atoms with Gasteiger partial charge in [-0.15, -0.1) is 6.58 Å². The van der Waals surface area contributed by atoms with Gasteiger partial charge in [0.1, 0.15) is 17.3 Å². The summed E-state index contributed by atoms with van der Waals surface area (Å²) in [5, 5.41) is 2.75.